The van der Waals surface area contributed by atoms with Crippen molar-refractivity contribution in [1.82, 2.24) is 5.32 Å². The fourth-order valence-electron chi connectivity index (χ4n) is 2.63. The molecule has 0 unspecified atom stereocenters. The number of carbonyl (C=O) groups is 3. The van der Waals surface area contributed by atoms with Crippen LogP contribution >= 0.6 is 11.3 Å². The molecule has 0 spiro atoms. The summed E-state index contributed by atoms with van der Waals surface area (Å²) in [4.78, 5) is 35.8. The van der Waals surface area contributed by atoms with Crippen LogP contribution < -0.4 is 16.0 Å². The summed E-state index contributed by atoms with van der Waals surface area (Å²) in [5.74, 6) is -0.175. The van der Waals surface area contributed by atoms with E-state index in [1.807, 2.05) is 23.6 Å². The predicted molar refractivity (Wildman–Crippen MR) is 97.9 cm³/mol. The lowest BCUT2D eigenvalue weighted by Gasteiger charge is -2.17. The number of anilines is 2. The van der Waals surface area contributed by atoms with Gasteiger partial charge >= 0.3 is 0 Å². The van der Waals surface area contributed by atoms with Crippen LogP contribution in [0.3, 0.4) is 0 Å². The summed E-state index contributed by atoms with van der Waals surface area (Å²) in [7, 11) is 0. The molecule has 6 nitrogen and oxygen atoms in total. The van der Waals surface area contributed by atoms with Gasteiger partial charge in [0.1, 0.15) is 0 Å². The molecule has 0 saturated carbocycles. The zero-order valence-corrected chi connectivity index (χ0v) is 14.4. The van der Waals surface area contributed by atoms with E-state index in [9.17, 15) is 14.4 Å². The lowest BCUT2D eigenvalue weighted by atomic mass is 10.0. The smallest absolute Gasteiger partial charge is 0.261 e. The molecular weight excluding hydrogens is 338 g/mol. The van der Waals surface area contributed by atoms with Gasteiger partial charge in [-0.3, -0.25) is 14.4 Å². The number of fused-ring (bicyclic) bond motifs is 1. The number of hydrogen-bond acceptors (Lipinski definition) is 4. The maximum absolute atomic E-state index is 12.0. The molecule has 1 aromatic carbocycles. The predicted octanol–water partition coefficient (Wildman–Crippen LogP) is 2.78. The maximum atomic E-state index is 12.0. The third-order valence-electron chi connectivity index (χ3n) is 3.90. The zero-order valence-electron chi connectivity index (χ0n) is 13.6. The van der Waals surface area contributed by atoms with E-state index < -0.39 is 0 Å². The molecule has 0 fully saturated rings. The number of benzene rings is 1. The summed E-state index contributed by atoms with van der Waals surface area (Å²) in [6.07, 6.45) is 2.05. The number of rotatable bonds is 6. The minimum Gasteiger partial charge on any atom is -0.351 e. The van der Waals surface area contributed by atoms with Crippen molar-refractivity contribution in [3.8, 4) is 0 Å². The molecule has 0 radical (unpaired) electrons. The van der Waals surface area contributed by atoms with Crippen LogP contribution in [-0.2, 0) is 16.0 Å². The number of nitrogens with one attached hydrogen (secondary N) is 3. The van der Waals surface area contributed by atoms with E-state index in [-0.39, 0.29) is 17.7 Å². The van der Waals surface area contributed by atoms with E-state index in [4.69, 9.17) is 0 Å². The van der Waals surface area contributed by atoms with Crippen molar-refractivity contribution in [3.05, 3.63) is 46.2 Å². The molecule has 1 aliphatic rings. The Labute approximate surface area is 149 Å². The Bertz CT molecular complexity index is 787. The van der Waals surface area contributed by atoms with Crippen molar-refractivity contribution < 1.29 is 14.4 Å². The molecule has 1 aliphatic heterocycles. The van der Waals surface area contributed by atoms with Crippen LogP contribution in [0.1, 0.15) is 34.5 Å². The summed E-state index contributed by atoms with van der Waals surface area (Å²) >= 11 is 1.39. The molecule has 0 atom stereocenters. The number of amides is 3. The Morgan fingerprint density at radius 3 is 2.88 bits per heavy atom. The average molecular weight is 357 g/mol. The summed E-state index contributed by atoms with van der Waals surface area (Å²) < 4.78 is 0. The summed E-state index contributed by atoms with van der Waals surface area (Å²) in [5.41, 5.74) is 2.56. The third-order valence-corrected chi connectivity index (χ3v) is 4.76. The van der Waals surface area contributed by atoms with Crippen molar-refractivity contribution in [1.29, 1.82) is 0 Å². The van der Waals surface area contributed by atoms with Gasteiger partial charge in [-0.25, -0.2) is 0 Å². The van der Waals surface area contributed by atoms with E-state index in [0.29, 0.717) is 37.1 Å². The normalized spacial score (nSPS) is 12.9. The molecule has 2 heterocycles. The summed E-state index contributed by atoms with van der Waals surface area (Å²) in [5, 5.41) is 10.3. The molecule has 130 valence electrons. The second kappa shape index (κ2) is 7.94. The van der Waals surface area contributed by atoms with Gasteiger partial charge in [-0.1, -0.05) is 6.07 Å². The number of carbonyl (C=O) groups excluding carboxylic acids is 3. The van der Waals surface area contributed by atoms with Gasteiger partial charge in [-0.15, -0.1) is 11.3 Å². The standard InChI is InChI=1S/C18H19N3O3S/c22-16(4-1-9-19-18(24)15-3-2-10-25-15)20-13-6-7-14-12(11-13)5-8-17(23)21-14/h2-3,6-7,10-11H,1,4-5,8-9H2,(H,19,24)(H,20,22)(H,21,23). The average Bonchev–Trinajstić information content (AvgIpc) is 3.13. The van der Waals surface area contributed by atoms with E-state index in [0.717, 1.165) is 16.9 Å². The Morgan fingerprint density at radius 2 is 2.08 bits per heavy atom. The monoisotopic (exact) mass is 357 g/mol. The fourth-order valence-corrected chi connectivity index (χ4v) is 3.27. The first-order valence-corrected chi connectivity index (χ1v) is 9.04. The Balaban J connectivity index is 1.42. The summed E-state index contributed by atoms with van der Waals surface area (Å²) in [6.45, 7) is 0.459. The molecule has 0 saturated heterocycles. The first-order valence-electron chi connectivity index (χ1n) is 8.16. The molecular formula is C18H19N3O3S. The minimum atomic E-state index is -0.104. The van der Waals surface area contributed by atoms with Crippen LogP contribution in [-0.4, -0.2) is 24.3 Å². The van der Waals surface area contributed by atoms with Crippen molar-refractivity contribution in [2.45, 2.75) is 25.7 Å². The van der Waals surface area contributed by atoms with E-state index in [2.05, 4.69) is 16.0 Å². The lowest BCUT2D eigenvalue weighted by Crippen LogP contribution is -2.24. The molecule has 7 heteroatoms. The van der Waals surface area contributed by atoms with Crippen LogP contribution in [0.2, 0.25) is 0 Å². The highest BCUT2D eigenvalue weighted by Crippen LogP contribution is 2.25. The van der Waals surface area contributed by atoms with Gasteiger partial charge in [0.2, 0.25) is 11.8 Å². The fraction of sp³-hybridized carbons (Fsp3) is 0.278. The van der Waals surface area contributed by atoms with Crippen molar-refractivity contribution >= 4 is 40.4 Å². The van der Waals surface area contributed by atoms with Crippen molar-refractivity contribution in [2.75, 3.05) is 17.2 Å². The van der Waals surface area contributed by atoms with E-state index >= 15 is 0 Å². The van der Waals surface area contributed by atoms with Gasteiger partial charge < -0.3 is 16.0 Å². The van der Waals surface area contributed by atoms with Crippen LogP contribution in [0.5, 0.6) is 0 Å². The van der Waals surface area contributed by atoms with Gasteiger partial charge in [-0.05, 0) is 48.1 Å². The molecule has 0 aliphatic carbocycles. The number of thiophene rings is 1. The van der Waals surface area contributed by atoms with Crippen molar-refractivity contribution in [3.63, 3.8) is 0 Å². The van der Waals surface area contributed by atoms with Crippen LogP contribution in [0.4, 0.5) is 11.4 Å². The molecule has 1 aromatic heterocycles. The minimum absolute atomic E-state index is 0.0221. The highest BCUT2D eigenvalue weighted by Gasteiger charge is 2.15. The SMILES string of the molecule is O=C(CCCNC(=O)c1cccs1)Nc1ccc2c(c1)CCC(=O)N2. The Morgan fingerprint density at radius 1 is 1.20 bits per heavy atom. The molecule has 3 rings (SSSR count). The third kappa shape index (κ3) is 4.67. The second-order valence-corrected chi connectivity index (χ2v) is 6.75. The topological polar surface area (TPSA) is 87.3 Å². The highest BCUT2D eigenvalue weighted by molar-refractivity contribution is 7.12. The quantitative estimate of drug-likeness (QED) is 0.695. The second-order valence-electron chi connectivity index (χ2n) is 5.81. The number of hydrogen-bond donors (Lipinski definition) is 3. The summed E-state index contributed by atoms with van der Waals surface area (Å²) in [6, 6.07) is 9.08. The first kappa shape index (κ1) is 17.2. The van der Waals surface area contributed by atoms with E-state index in [1.54, 1.807) is 12.1 Å². The zero-order chi connectivity index (χ0) is 17.6. The van der Waals surface area contributed by atoms with Gasteiger partial charge in [0, 0.05) is 30.8 Å². The van der Waals surface area contributed by atoms with Crippen LogP contribution in [0.15, 0.2) is 35.7 Å². The molecule has 3 N–H and O–H groups in total. The van der Waals surface area contributed by atoms with Crippen LogP contribution in [0.25, 0.3) is 0 Å². The maximum Gasteiger partial charge on any atom is 0.261 e. The van der Waals surface area contributed by atoms with Crippen LogP contribution in [0, 0.1) is 0 Å². The molecule has 25 heavy (non-hydrogen) atoms. The van der Waals surface area contributed by atoms with Gasteiger partial charge in [0.15, 0.2) is 0 Å². The lowest BCUT2D eigenvalue weighted by molar-refractivity contribution is -0.117. The van der Waals surface area contributed by atoms with E-state index in [1.165, 1.54) is 11.3 Å². The number of aryl methyl sites for hydroxylation is 1. The molecule has 3 amide bonds. The first-order chi connectivity index (χ1) is 12.1. The van der Waals surface area contributed by atoms with Gasteiger partial charge in [-0.2, -0.15) is 0 Å². The van der Waals surface area contributed by atoms with Crippen molar-refractivity contribution in [2.24, 2.45) is 0 Å². The molecule has 0 bridgehead atoms. The van der Waals surface area contributed by atoms with Gasteiger partial charge in [0.05, 0.1) is 4.88 Å². The molecule has 2 aromatic rings. The highest BCUT2D eigenvalue weighted by atomic mass is 32.1. The van der Waals surface area contributed by atoms with Gasteiger partial charge in [0.25, 0.3) is 5.91 Å². The largest absolute Gasteiger partial charge is 0.351 e. The Hall–Kier alpha value is -2.67. The Kier molecular flexibility index (Phi) is 5.45.